The largest absolute Gasteiger partial charge is 0.508 e. The second-order valence-corrected chi connectivity index (χ2v) is 6.29. The van der Waals surface area contributed by atoms with Crippen LogP contribution < -0.4 is 5.32 Å². The number of amides is 1. The van der Waals surface area contributed by atoms with Crippen molar-refractivity contribution in [3.63, 3.8) is 0 Å². The van der Waals surface area contributed by atoms with E-state index >= 15 is 0 Å². The van der Waals surface area contributed by atoms with E-state index in [1.807, 2.05) is 12.2 Å². The van der Waals surface area contributed by atoms with Crippen LogP contribution in [0, 0.1) is 11.8 Å². The first-order valence-corrected chi connectivity index (χ1v) is 8.50. The molecule has 2 aliphatic carbocycles. The van der Waals surface area contributed by atoms with E-state index < -0.39 is 29.7 Å². The Bertz CT molecular complexity index is 731. The molecule has 26 heavy (non-hydrogen) atoms. The number of methoxy groups -OCH3 is 1. The first kappa shape index (κ1) is 18.0. The third kappa shape index (κ3) is 2.94. The van der Waals surface area contributed by atoms with Gasteiger partial charge in [-0.2, -0.15) is 0 Å². The molecule has 0 aromatic heterocycles. The number of carbonyl (C=O) groups excluding carboxylic acids is 3. The molecule has 2 bridgehead atoms. The van der Waals surface area contributed by atoms with E-state index in [2.05, 4.69) is 5.32 Å². The molecule has 1 amide bonds. The van der Waals surface area contributed by atoms with Gasteiger partial charge in [-0.25, -0.2) is 9.59 Å². The summed E-state index contributed by atoms with van der Waals surface area (Å²) in [6.45, 7) is 1.81. The summed E-state index contributed by atoms with van der Waals surface area (Å²) in [5.41, 5.74) is -1.08. The van der Waals surface area contributed by atoms with Crippen molar-refractivity contribution < 1.29 is 28.6 Å². The van der Waals surface area contributed by atoms with Gasteiger partial charge in [-0.3, -0.25) is 4.79 Å². The molecule has 138 valence electrons. The van der Waals surface area contributed by atoms with Crippen LogP contribution in [0.1, 0.15) is 23.7 Å². The molecule has 1 aromatic carbocycles. The standard InChI is InChI=1S/C19H21NO6/c1-3-25-18(23)26-15-13-9-10-14(11-13)19(15,17(22)24-2)20-16(21)12-7-5-4-6-8-12/h4-10,13-15H,3,11H2,1-2H3,(H,20,21)/t13-,14+,15-,19+/m0/s1. The van der Waals surface area contributed by atoms with E-state index in [9.17, 15) is 14.4 Å². The van der Waals surface area contributed by atoms with Gasteiger partial charge in [-0.05, 0) is 25.5 Å². The fourth-order valence-electron chi connectivity index (χ4n) is 3.77. The Morgan fingerprint density at radius 1 is 1.19 bits per heavy atom. The lowest BCUT2D eigenvalue weighted by Gasteiger charge is -2.38. The van der Waals surface area contributed by atoms with Gasteiger partial charge in [0.1, 0.15) is 6.10 Å². The highest BCUT2D eigenvalue weighted by Gasteiger charge is 2.64. The Kier molecular flexibility index (Phi) is 4.97. The molecule has 0 heterocycles. The maximum atomic E-state index is 12.7. The zero-order chi connectivity index (χ0) is 18.7. The molecular formula is C19H21NO6. The summed E-state index contributed by atoms with van der Waals surface area (Å²) in [5, 5.41) is 2.79. The summed E-state index contributed by atoms with van der Waals surface area (Å²) >= 11 is 0. The highest BCUT2D eigenvalue weighted by atomic mass is 16.7. The molecule has 2 aliphatic rings. The highest BCUT2D eigenvalue weighted by Crippen LogP contribution is 2.49. The minimum Gasteiger partial charge on any atom is -0.467 e. The molecule has 1 aromatic rings. The van der Waals surface area contributed by atoms with Gasteiger partial charge >= 0.3 is 12.1 Å². The Morgan fingerprint density at radius 2 is 1.92 bits per heavy atom. The summed E-state index contributed by atoms with van der Waals surface area (Å²) < 4.78 is 15.3. The lowest BCUT2D eigenvalue weighted by atomic mass is 9.81. The molecule has 1 saturated carbocycles. The lowest BCUT2D eigenvalue weighted by Crippen LogP contribution is -2.65. The molecular weight excluding hydrogens is 338 g/mol. The molecule has 7 nitrogen and oxygen atoms in total. The van der Waals surface area contributed by atoms with Crippen molar-refractivity contribution >= 4 is 18.0 Å². The zero-order valence-electron chi connectivity index (χ0n) is 14.6. The topological polar surface area (TPSA) is 90.9 Å². The van der Waals surface area contributed by atoms with Crippen LogP contribution in [0.2, 0.25) is 0 Å². The first-order valence-electron chi connectivity index (χ1n) is 8.50. The second-order valence-electron chi connectivity index (χ2n) is 6.29. The van der Waals surface area contributed by atoms with Crippen LogP contribution in [0.3, 0.4) is 0 Å². The van der Waals surface area contributed by atoms with Crippen molar-refractivity contribution in [3.05, 3.63) is 48.0 Å². The Morgan fingerprint density at radius 3 is 2.58 bits per heavy atom. The quantitative estimate of drug-likeness (QED) is 0.639. The molecule has 1 N–H and O–H groups in total. The van der Waals surface area contributed by atoms with Gasteiger partial charge in [0.25, 0.3) is 5.91 Å². The summed E-state index contributed by atoms with van der Waals surface area (Å²) in [5.74, 6) is -1.60. The minimum absolute atomic E-state index is 0.150. The monoisotopic (exact) mass is 359 g/mol. The van der Waals surface area contributed by atoms with Crippen LogP contribution in [-0.4, -0.2) is 43.4 Å². The zero-order valence-corrected chi connectivity index (χ0v) is 14.6. The summed E-state index contributed by atoms with van der Waals surface area (Å²) in [4.78, 5) is 37.4. The van der Waals surface area contributed by atoms with E-state index in [1.165, 1.54) is 7.11 Å². The van der Waals surface area contributed by atoms with Gasteiger partial charge in [0.05, 0.1) is 13.7 Å². The van der Waals surface area contributed by atoms with Gasteiger partial charge < -0.3 is 19.5 Å². The predicted molar refractivity (Wildman–Crippen MR) is 91.3 cm³/mol. The van der Waals surface area contributed by atoms with Crippen molar-refractivity contribution in [2.24, 2.45) is 11.8 Å². The number of benzene rings is 1. The van der Waals surface area contributed by atoms with E-state index in [-0.39, 0.29) is 18.4 Å². The summed E-state index contributed by atoms with van der Waals surface area (Å²) in [6, 6.07) is 8.54. The third-order valence-corrected chi connectivity index (χ3v) is 4.90. The average molecular weight is 359 g/mol. The molecule has 0 saturated heterocycles. The van der Waals surface area contributed by atoms with Gasteiger partial charge in [-0.15, -0.1) is 0 Å². The molecule has 0 aliphatic heterocycles. The highest BCUT2D eigenvalue weighted by molar-refractivity contribution is 5.99. The Labute approximate surface area is 151 Å². The average Bonchev–Trinajstić information content (AvgIpc) is 3.24. The number of rotatable bonds is 5. The van der Waals surface area contributed by atoms with Gasteiger partial charge in [0.15, 0.2) is 5.54 Å². The Hall–Kier alpha value is -2.83. The maximum absolute atomic E-state index is 12.7. The number of fused-ring (bicyclic) bond motifs is 2. The fourth-order valence-corrected chi connectivity index (χ4v) is 3.77. The van der Waals surface area contributed by atoms with Crippen LogP contribution in [-0.2, 0) is 19.0 Å². The van der Waals surface area contributed by atoms with Crippen LogP contribution in [0.15, 0.2) is 42.5 Å². The molecule has 0 radical (unpaired) electrons. The minimum atomic E-state index is -1.48. The van der Waals surface area contributed by atoms with Crippen LogP contribution in [0.5, 0.6) is 0 Å². The van der Waals surface area contributed by atoms with Gasteiger partial charge in [-0.1, -0.05) is 30.4 Å². The van der Waals surface area contributed by atoms with Crippen LogP contribution in [0.4, 0.5) is 4.79 Å². The van der Waals surface area contributed by atoms with Crippen LogP contribution in [0.25, 0.3) is 0 Å². The molecule has 7 heteroatoms. The number of nitrogens with one attached hydrogen (secondary N) is 1. The molecule has 0 unspecified atom stereocenters. The van der Waals surface area contributed by atoms with Crippen LogP contribution >= 0.6 is 0 Å². The molecule has 0 spiro atoms. The van der Waals surface area contributed by atoms with Crippen molar-refractivity contribution in [3.8, 4) is 0 Å². The smallest absolute Gasteiger partial charge is 0.467 e. The van der Waals surface area contributed by atoms with Crippen molar-refractivity contribution in [1.82, 2.24) is 5.32 Å². The Balaban J connectivity index is 1.94. The third-order valence-electron chi connectivity index (χ3n) is 4.90. The van der Waals surface area contributed by atoms with Crippen molar-refractivity contribution in [2.45, 2.75) is 25.0 Å². The predicted octanol–water partition coefficient (Wildman–Crippen LogP) is 2.08. The first-order chi connectivity index (χ1) is 12.5. The lowest BCUT2D eigenvalue weighted by molar-refractivity contribution is -0.155. The number of esters is 1. The normalized spacial score (nSPS) is 28.5. The van der Waals surface area contributed by atoms with E-state index in [0.29, 0.717) is 12.0 Å². The van der Waals surface area contributed by atoms with E-state index in [0.717, 1.165) is 0 Å². The van der Waals surface area contributed by atoms with E-state index in [4.69, 9.17) is 14.2 Å². The maximum Gasteiger partial charge on any atom is 0.508 e. The van der Waals surface area contributed by atoms with Gasteiger partial charge in [0, 0.05) is 17.4 Å². The molecule has 4 atom stereocenters. The van der Waals surface area contributed by atoms with Crippen molar-refractivity contribution in [1.29, 1.82) is 0 Å². The fraction of sp³-hybridized carbons (Fsp3) is 0.421. The number of ether oxygens (including phenoxy) is 3. The molecule has 1 fully saturated rings. The van der Waals surface area contributed by atoms with Gasteiger partial charge in [0.2, 0.25) is 0 Å². The number of hydrogen-bond donors (Lipinski definition) is 1. The van der Waals surface area contributed by atoms with E-state index in [1.54, 1.807) is 37.3 Å². The number of carbonyl (C=O) groups is 3. The summed E-state index contributed by atoms with van der Waals surface area (Å²) in [7, 11) is 1.25. The van der Waals surface area contributed by atoms with Crippen molar-refractivity contribution in [2.75, 3.05) is 13.7 Å². The SMILES string of the molecule is CCOC(=O)O[C@H]1[C@H]2C=C[C@H](C2)[C@]1(NC(=O)c1ccccc1)C(=O)OC. The second kappa shape index (κ2) is 7.19. The number of hydrogen-bond acceptors (Lipinski definition) is 6. The summed E-state index contributed by atoms with van der Waals surface area (Å²) in [6.07, 6.45) is 2.56. The molecule has 3 rings (SSSR count).